The van der Waals surface area contributed by atoms with Crippen LogP contribution >= 0.6 is 0 Å². The van der Waals surface area contributed by atoms with E-state index in [1.807, 2.05) is 18.7 Å². The third-order valence-electron chi connectivity index (χ3n) is 3.86. The summed E-state index contributed by atoms with van der Waals surface area (Å²) in [5.41, 5.74) is 0.952. The van der Waals surface area contributed by atoms with Gasteiger partial charge < -0.3 is 14.9 Å². The van der Waals surface area contributed by atoms with Gasteiger partial charge in [-0.05, 0) is 31.6 Å². The molecule has 0 aromatic heterocycles. The van der Waals surface area contributed by atoms with Crippen molar-refractivity contribution >= 4 is 12.0 Å². The molecule has 0 aromatic carbocycles. The van der Waals surface area contributed by atoms with E-state index in [1.54, 1.807) is 11.9 Å². The minimum Gasteiger partial charge on any atom is -0.481 e. The van der Waals surface area contributed by atoms with Gasteiger partial charge in [-0.15, -0.1) is 0 Å². The summed E-state index contributed by atoms with van der Waals surface area (Å²) in [5, 5.41) is 8.88. The monoisotopic (exact) mass is 282 g/mol. The first-order valence-corrected chi connectivity index (χ1v) is 7.17. The molecule has 2 unspecified atom stereocenters. The number of carboxylic acid groups (broad SMARTS) is 1. The molecule has 114 valence electrons. The van der Waals surface area contributed by atoms with Gasteiger partial charge in [-0.1, -0.05) is 19.1 Å². The van der Waals surface area contributed by atoms with Gasteiger partial charge in [-0.2, -0.15) is 0 Å². The number of likely N-dealkylation sites (N-methyl/N-ethyl adjacent to an activating group) is 1. The highest BCUT2D eigenvalue weighted by molar-refractivity contribution is 5.74. The number of urea groups is 1. The normalized spacial score (nSPS) is 20.4. The Bertz CT molecular complexity index is 381. The Morgan fingerprint density at radius 1 is 1.50 bits per heavy atom. The topological polar surface area (TPSA) is 60.9 Å². The predicted octanol–water partition coefficient (Wildman–Crippen LogP) is 2.44. The van der Waals surface area contributed by atoms with E-state index in [9.17, 15) is 9.59 Å². The lowest BCUT2D eigenvalue weighted by atomic mass is 9.85. The molecule has 1 fully saturated rings. The fourth-order valence-electron chi connectivity index (χ4n) is 2.80. The van der Waals surface area contributed by atoms with Gasteiger partial charge in [0.1, 0.15) is 0 Å². The summed E-state index contributed by atoms with van der Waals surface area (Å²) in [7, 11) is 1.78. The van der Waals surface area contributed by atoms with Crippen molar-refractivity contribution in [1.82, 2.24) is 9.80 Å². The van der Waals surface area contributed by atoms with Crippen molar-refractivity contribution in [2.24, 2.45) is 11.8 Å². The van der Waals surface area contributed by atoms with Gasteiger partial charge in [0.15, 0.2) is 0 Å². The Morgan fingerprint density at radius 2 is 2.15 bits per heavy atom. The molecule has 2 amide bonds. The lowest BCUT2D eigenvalue weighted by Crippen LogP contribution is -2.47. The van der Waals surface area contributed by atoms with E-state index in [4.69, 9.17) is 5.11 Å². The minimum absolute atomic E-state index is 0.0141. The van der Waals surface area contributed by atoms with Gasteiger partial charge in [-0.3, -0.25) is 4.79 Å². The molecule has 1 N–H and O–H groups in total. The Hall–Kier alpha value is -1.52. The zero-order valence-electron chi connectivity index (χ0n) is 12.8. The lowest BCUT2D eigenvalue weighted by Gasteiger charge is -2.37. The number of aliphatic carboxylic acids is 1. The van der Waals surface area contributed by atoms with Crippen LogP contribution in [0.15, 0.2) is 12.2 Å². The van der Waals surface area contributed by atoms with Crippen molar-refractivity contribution < 1.29 is 14.7 Å². The zero-order chi connectivity index (χ0) is 15.3. The molecule has 5 heteroatoms. The van der Waals surface area contributed by atoms with Crippen molar-refractivity contribution in [2.45, 2.75) is 33.1 Å². The highest BCUT2D eigenvalue weighted by Gasteiger charge is 2.29. The fourth-order valence-corrected chi connectivity index (χ4v) is 2.80. The second-order valence-electron chi connectivity index (χ2n) is 6.02. The lowest BCUT2D eigenvalue weighted by molar-refractivity contribution is -0.138. The Kier molecular flexibility index (Phi) is 6.05. The van der Waals surface area contributed by atoms with Crippen molar-refractivity contribution in [2.75, 3.05) is 26.7 Å². The summed E-state index contributed by atoms with van der Waals surface area (Å²) in [5.74, 6) is -0.378. The van der Waals surface area contributed by atoms with Crippen LogP contribution in [0.1, 0.15) is 33.1 Å². The molecule has 20 heavy (non-hydrogen) atoms. The summed E-state index contributed by atoms with van der Waals surface area (Å²) >= 11 is 0. The van der Waals surface area contributed by atoms with E-state index in [0.717, 1.165) is 25.0 Å². The molecule has 1 rings (SSSR count). The first-order valence-electron chi connectivity index (χ1n) is 7.17. The van der Waals surface area contributed by atoms with Gasteiger partial charge in [0.25, 0.3) is 0 Å². The van der Waals surface area contributed by atoms with Crippen LogP contribution in [0, 0.1) is 11.8 Å². The number of likely N-dealkylation sites (tertiary alicyclic amines) is 1. The molecule has 0 aromatic rings. The molecule has 1 aliphatic heterocycles. The maximum atomic E-state index is 12.3. The molecule has 1 saturated heterocycles. The number of rotatable bonds is 5. The van der Waals surface area contributed by atoms with Gasteiger partial charge in [0, 0.05) is 33.1 Å². The number of piperidine rings is 1. The van der Waals surface area contributed by atoms with E-state index < -0.39 is 5.97 Å². The van der Waals surface area contributed by atoms with Gasteiger partial charge >= 0.3 is 12.0 Å². The van der Waals surface area contributed by atoms with Gasteiger partial charge in [-0.25, -0.2) is 4.79 Å². The molecule has 0 spiro atoms. The highest BCUT2D eigenvalue weighted by atomic mass is 16.4. The summed E-state index contributed by atoms with van der Waals surface area (Å²) in [6.45, 7) is 9.66. The number of hydrogen-bond donors (Lipinski definition) is 1. The second kappa shape index (κ2) is 7.31. The van der Waals surface area contributed by atoms with Crippen LogP contribution in [0.25, 0.3) is 0 Å². The molecule has 1 heterocycles. The van der Waals surface area contributed by atoms with E-state index in [0.29, 0.717) is 13.1 Å². The van der Waals surface area contributed by atoms with Crippen molar-refractivity contribution in [1.29, 1.82) is 0 Å². The summed E-state index contributed by atoms with van der Waals surface area (Å²) in [6, 6.07) is 0.0141. The second-order valence-corrected chi connectivity index (χ2v) is 6.02. The molecule has 0 radical (unpaired) electrons. The first-order chi connectivity index (χ1) is 9.31. The van der Waals surface area contributed by atoms with E-state index in [2.05, 4.69) is 6.58 Å². The molecule has 5 nitrogen and oxygen atoms in total. The average Bonchev–Trinajstić information content (AvgIpc) is 2.36. The van der Waals surface area contributed by atoms with Crippen LogP contribution in [0.5, 0.6) is 0 Å². The first kappa shape index (κ1) is 16.5. The van der Waals surface area contributed by atoms with Crippen LogP contribution in [0.3, 0.4) is 0 Å². The number of nitrogens with zero attached hydrogens (tertiary/aromatic N) is 2. The minimum atomic E-state index is -0.764. The SMILES string of the molecule is C=C(C)CN(C)C(=O)N1CCCC(C(C)CC(=O)O)C1. The number of carbonyl (C=O) groups is 2. The van der Waals surface area contributed by atoms with Crippen LogP contribution in [-0.2, 0) is 4.79 Å². The molecular weight excluding hydrogens is 256 g/mol. The number of carbonyl (C=O) groups excluding carboxylic acids is 1. The smallest absolute Gasteiger partial charge is 0.320 e. The maximum absolute atomic E-state index is 12.3. The average molecular weight is 282 g/mol. The Labute approximate surface area is 121 Å². The van der Waals surface area contributed by atoms with Crippen molar-refractivity contribution in [3.05, 3.63) is 12.2 Å². The highest BCUT2D eigenvalue weighted by Crippen LogP contribution is 2.26. The Morgan fingerprint density at radius 3 is 2.70 bits per heavy atom. The van der Waals surface area contributed by atoms with Crippen LogP contribution in [0.2, 0.25) is 0 Å². The van der Waals surface area contributed by atoms with E-state index >= 15 is 0 Å². The van der Waals surface area contributed by atoms with Crippen LogP contribution in [-0.4, -0.2) is 53.6 Å². The molecule has 1 aliphatic rings. The molecular formula is C15H26N2O3. The van der Waals surface area contributed by atoms with Crippen LogP contribution in [0.4, 0.5) is 4.79 Å². The fraction of sp³-hybridized carbons (Fsp3) is 0.733. The number of carboxylic acids is 1. The van der Waals surface area contributed by atoms with E-state index in [1.165, 1.54) is 0 Å². The number of amides is 2. The molecule has 2 atom stereocenters. The zero-order valence-corrected chi connectivity index (χ0v) is 12.8. The van der Waals surface area contributed by atoms with Crippen molar-refractivity contribution in [3.8, 4) is 0 Å². The van der Waals surface area contributed by atoms with Gasteiger partial charge in [0.05, 0.1) is 0 Å². The summed E-state index contributed by atoms with van der Waals surface area (Å²) in [6.07, 6.45) is 2.12. The maximum Gasteiger partial charge on any atom is 0.320 e. The number of hydrogen-bond acceptors (Lipinski definition) is 2. The largest absolute Gasteiger partial charge is 0.481 e. The molecule has 0 saturated carbocycles. The Balaban J connectivity index is 2.57. The summed E-state index contributed by atoms with van der Waals surface area (Å²) < 4.78 is 0. The molecule has 0 bridgehead atoms. The molecule has 0 aliphatic carbocycles. The predicted molar refractivity (Wildman–Crippen MR) is 78.6 cm³/mol. The quantitative estimate of drug-likeness (QED) is 0.788. The summed E-state index contributed by atoms with van der Waals surface area (Å²) in [4.78, 5) is 26.6. The van der Waals surface area contributed by atoms with Gasteiger partial charge in [0.2, 0.25) is 0 Å². The van der Waals surface area contributed by atoms with E-state index in [-0.39, 0.29) is 24.3 Å². The van der Waals surface area contributed by atoms with Crippen LogP contribution < -0.4 is 0 Å². The standard InChI is InChI=1S/C15H26N2O3/c1-11(2)9-16(4)15(20)17-7-5-6-13(10-17)12(3)8-14(18)19/h12-13H,1,5-10H2,2-4H3,(H,18,19). The third-order valence-corrected chi connectivity index (χ3v) is 3.86. The van der Waals surface area contributed by atoms with Crippen molar-refractivity contribution in [3.63, 3.8) is 0 Å². The third kappa shape index (κ3) is 4.87.